The average molecular weight is 289 g/mol. The van der Waals surface area contributed by atoms with E-state index >= 15 is 0 Å². The molecule has 0 aliphatic rings. The third-order valence-electron chi connectivity index (χ3n) is 1.60. The fourth-order valence-corrected chi connectivity index (χ4v) is 2.81. The summed E-state index contributed by atoms with van der Waals surface area (Å²) < 4.78 is 29.4. The molecule has 9 heteroatoms. The Bertz CT molecular complexity index is 582. The highest BCUT2D eigenvalue weighted by atomic mass is 32.2. The molecule has 0 fully saturated rings. The SMILES string of the molecule is COC(=O)CS(=O)(=O)Nc1ncc(C#CCN)s1. The zero-order chi connectivity index (χ0) is 13.6. The van der Waals surface area contributed by atoms with E-state index in [4.69, 9.17) is 5.73 Å². The van der Waals surface area contributed by atoms with Crippen molar-refractivity contribution in [3.8, 4) is 11.8 Å². The monoisotopic (exact) mass is 289 g/mol. The Morgan fingerprint density at radius 3 is 3.00 bits per heavy atom. The zero-order valence-electron chi connectivity index (χ0n) is 9.47. The summed E-state index contributed by atoms with van der Waals surface area (Å²) in [6.07, 6.45) is 1.42. The normalized spacial score (nSPS) is 10.3. The molecule has 1 heterocycles. The minimum Gasteiger partial charge on any atom is -0.468 e. The lowest BCUT2D eigenvalue weighted by Gasteiger charge is -2.02. The van der Waals surface area contributed by atoms with Gasteiger partial charge in [0.2, 0.25) is 10.0 Å². The summed E-state index contributed by atoms with van der Waals surface area (Å²) in [4.78, 5) is 15.3. The Hall–Kier alpha value is -1.63. The summed E-state index contributed by atoms with van der Waals surface area (Å²) in [5, 5.41) is 0.139. The third kappa shape index (κ3) is 4.70. The van der Waals surface area contributed by atoms with Gasteiger partial charge >= 0.3 is 5.97 Å². The standard InChI is InChI=1S/C9H11N3O4S2/c1-16-8(13)6-18(14,15)12-9-11-5-7(17-9)3-2-4-10/h5H,4,6,10H2,1H3,(H,11,12). The van der Waals surface area contributed by atoms with E-state index in [1.807, 2.05) is 0 Å². The lowest BCUT2D eigenvalue weighted by atomic mass is 10.5. The molecule has 1 rings (SSSR count). The number of nitrogens with zero attached hydrogens (tertiary/aromatic N) is 1. The molecule has 0 atom stereocenters. The molecule has 0 aliphatic heterocycles. The van der Waals surface area contributed by atoms with Crippen molar-refractivity contribution in [2.75, 3.05) is 24.1 Å². The number of ether oxygens (including phenoxy) is 1. The Labute approximate surface area is 108 Å². The molecule has 0 saturated heterocycles. The molecule has 0 spiro atoms. The molecule has 1 aromatic rings. The first-order valence-corrected chi connectivity index (χ1v) is 7.16. The molecule has 0 aromatic carbocycles. The second kappa shape index (κ2) is 6.34. The highest BCUT2D eigenvalue weighted by Crippen LogP contribution is 2.18. The first-order chi connectivity index (χ1) is 8.46. The third-order valence-corrected chi connectivity index (χ3v) is 3.68. The first-order valence-electron chi connectivity index (χ1n) is 4.69. The van der Waals surface area contributed by atoms with Gasteiger partial charge in [-0.3, -0.25) is 9.52 Å². The number of carbonyl (C=O) groups is 1. The van der Waals surface area contributed by atoms with Crippen LogP contribution < -0.4 is 10.5 Å². The first kappa shape index (κ1) is 14.4. The van der Waals surface area contributed by atoms with Gasteiger partial charge in [0.1, 0.15) is 0 Å². The predicted molar refractivity (Wildman–Crippen MR) is 67.5 cm³/mol. The van der Waals surface area contributed by atoms with Crippen LogP contribution in [0.3, 0.4) is 0 Å². The van der Waals surface area contributed by atoms with Crippen molar-refractivity contribution in [2.45, 2.75) is 0 Å². The second-order valence-electron chi connectivity index (χ2n) is 2.97. The van der Waals surface area contributed by atoms with Crippen molar-refractivity contribution in [3.63, 3.8) is 0 Å². The number of hydrogen-bond acceptors (Lipinski definition) is 7. The quantitative estimate of drug-likeness (QED) is 0.564. The highest BCUT2D eigenvalue weighted by Gasteiger charge is 2.18. The molecule has 0 radical (unpaired) electrons. The highest BCUT2D eigenvalue weighted by molar-refractivity contribution is 7.93. The summed E-state index contributed by atoms with van der Waals surface area (Å²) in [7, 11) is -2.69. The van der Waals surface area contributed by atoms with Gasteiger partial charge in [0, 0.05) is 0 Å². The minimum absolute atomic E-state index is 0.139. The van der Waals surface area contributed by atoms with E-state index in [2.05, 4.69) is 26.3 Å². The van der Waals surface area contributed by atoms with Gasteiger partial charge in [0.25, 0.3) is 0 Å². The Kier molecular flexibility index (Phi) is 5.08. The van der Waals surface area contributed by atoms with E-state index in [0.717, 1.165) is 18.4 Å². The summed E-state index contributed by atoms with van der Waals surface area (Å²) in [5.74, 6) is 3.73. The number of aromatic nitrogens is 1. The number of anilines is 1. The zero-order valence-corrected chi connectivity index (χ0v) is 11.1. The number of sulfonamides is 1. The van der Waals surface area contributed by atoms with Crippen molar-refractivity contribution < 1.29 is 17.9 Å². The van der Waals surface area contributed by atoms with Crippen LogP contribution in [0, 0.1) is 11.8 Å². The lowest BCUT2D eigenvalue weighted by Crippen LogP contribution is -2.23. The van der Waals surface area contributed by atoms with Crippen molar-refractivity contribution in [1.29, 1.82) is 0 Å². The second-order valence-corrected chi connectivity index (χ2v) is 5.73. The van der Waals surface area contributed by atoms with Crippen LogP contribution in [-0.4, -0.2) is 38.8 Å². The molecular weight excluding hydrogens is 278 g/mol. The number of esters is 1. The van der Waals surface area contributed by atoms with Crippen LogP contribution in [0.1, 0.15) is 4.88 Å². The van der Waals surface area contributed by atoms with E-state index in [1.54, 1.807) is 0 Å². The summed E-state index contributed by atoms with van der Waals surface area (Å²) in [5.41, 5.74) is 5.20. The number of methoxy groups -OCH3 is 1. The van der Waals surface area contributed by atoms with Crippen LogP contribution in [0.2, 0.25) is 0 Å². The maximum absolute atomic E-state index is 11.5. The van der Waals surface area contributed by atoms with Gasteiger partial charge in [0.05, 0.1) is 24.7 Å². The molecule has 0 amide bonds. The van der Waals surface area contributed by atoms with Crippen molar-refractivity contribution in [3.05, 3.63) is 11.1 Å². The Morgan fingerprint density at radius 1 is 1.67 bits per heavy atom. The topological polar surface area (TPSA) is 111 Å². The number of thiazole rings is 1. The lowest BCUT2D eigenvalue weighted by molar-refractivity contribution is -0.137. The largest absolute Gasteiger partial charge is 0.468 e. The number of nitrogens with one attached hydrogen (secondary N) is 1. The molecule has 7 nitrogen and oxygen atoms in total. The number of nitrogens with two attached hydrogens (primary N) is 1. The number of rotatable bonds is 4. The Morgan fingerprint density at radius 2 is 2.39 bits per heavy atom. The van der Waals surface area contributed by atoms with E-state index in [1.165, 1.54) is 6.20 Å². The van der Waals surface area contributed by atoms with Crippen LogP contribution in [0.25, 0.3) is 0 Å². The molecule has 1 aromatic heterocycles. The van der Waals surface area contributed by atoms with Crippen LogP contribution >= 0.6 is 11.3 Å². The predicted octanol–water partition coefficient (Wildman–Crippen LogP) is -0.632. The molecule has 0 aliphatic carbocycles. The maximum Gasteiger partial charge on any atom is 0.322 e. The van der Waals surface area contributed by atoms with Crippen LogP contribution in [0.15, 0.2) is 6.20 Å². The fraction of sp³-hybridized carbons (Fsp3) is 0.333. The van der Waals surface area contributed by atoms with Crippen LogP contribution in [0.4, 0.5) is 5.13 Å². The van der Waals surface area contributed by atoms with Gasteiger partial charge < -0.3 is 10.5 Å². The van der Waals surface area contributed by atoms with Crippen molar-refractivity contribution in [2.24, 2.45) is 5.73 Å². The summed E-state index contributed by atoms with van der Waals surface area (Å²) >= 11 is 1.05. The maximum atomic E-state index is 11.5. The van der Waals surface area contributed by atoms with Gasteiger partial charge in [-0.05, 0) is 0 Å². The molecular formula is C9H11N3O4S2. The minimum atomic E-state index is -3.80. The van der Waals surface area contributed by atoms with E-state index in [-0.39, 0.29) is 11.7 Å². The van der Waals surface area contributed by atoms with Gasteiger partial charge in [0.15, 0.2) is 10.9 Å². The van der Waals surface area contributed by atoms with Gasteiger partial charge in [-0.2, -0.15) is 0 Å². The molecule has 0 unspecified atom stereocenters. The molecule has 18 heavy (non-hydrogen) atoms. The molecule has 0 bridgehead atoms. The van der Waals surface area contributed by atoms with Crippen molar-refractivity contribution >= 4 is 32.5 Å². The average Bonchev–Trinajstić information content (AvgIpc) is 2.72. The Balaban J connectivity index is 2.73. The smallest absolute Gasteiger partial charge is 0.322 e. The van der Waals surface area contributed by atoms with Crippen molar-refractivity contribution in [1.82, 2.24) is 4.98 Å². The van der Waals surface area contributed by atoms with E-state index < -0.39 is 21.7 Å². The van der Waals surface area contributed by atoms with Gasteiger partial charge in [-0.25, -0.2) is 13.4 Å². The molecule has 98 valence electrons. The fourth-order valence-electron chi connectivity index (χ4n) is 0.900. The van der Waals surface area contributed by atoms with E-state index in [0.29, 0.717) is 4.88 Å². The number of carbonyl (C=O) groups excluding carboxylic acids is 1. The summed E-state index contributed by atoms with van der Waals surface area (Å²) in [6, 6.07) is 0. The molecule has 3 N–H and O–H groups in total. The van der Waals surface area contributed by atoms with Gasteiger partial charge in [-0.15, -0.1) is 0 Å². The summed E-state index contributed by atoms with van der Waals surface area (Å²) in [6.45, 7) is 0.210. The van der Waals surface area contributed by atoms with Gasteiger partial charge in [-0.1, -0.05) is 23.2 Å². The van der Waals surface area contributed by atoms with Crippen LogP contribution in [0.5, 0.6) is 0 Å². The number of hydrogen-bond donors (Lipinski definition) is 2. The van der Waals surface area contributed by atoms with E-state index in [9.17, 15) is 13.2 Å². The molecule has 0 saturated carbocycles. The van der Waals surface area contributed by atoms with Crippen LogP contribution in [-0.2, 0) is 19.6 Å².